The molecule has 0 bridgehead atoms. The van der Waals surface area contributed by atoms with E-state index in [1.54, 1.807) is 4.57 Å². The van der Waals surface area contributed by atoms with Crippen LogP contribution in [0.15, 0.2) is 47.5 Å². The summed E-state index contributed by atoms with van der Waals surface area (Å²) < 4.78 is 40.6. The monoisotopic (exact) mass is 551 g/mol. The zero-order valence-electron chi connectivity index (χ0n) is 23.6. The van der Waals surface area contributed by atoms with Crippen molar-refractivity contribution in [3.8, 4) is 11.4 Å². The Labute approximate surface area is 230 Å². The lowest BCUT2D eigenvalue weighted by Crippen LogP contribution is -2.42. The van der Waals surface area contributed by atoms with Crippen LogP contribution in [-0.4, -0.2) is 47.2 Å². The number of hydrogen-bond acceptors (Lipinski definition) is 6. The molecule has 2 aliphatic heterocycles. The van der Waals surface area contributed by atoms with Gasteiger partial charge >= 0.3 is 0 Å². The van der Waals surface area contributed by atoms with Crippen LogP contribution in [-0.2, 0) is 44.7 Å². The molecule has 1 atom stereocenters. The van der Waals surface area contributed by atoms with E-state index in [1.807, 2.05) is 65.0 Å². The Morgan fingerprint density at radius 2 is 1.92 bits per heavy atom. The fraction of sp³-hybridized carbons (Fsp3) is 0.467. The lowest BCUT2D eigenvalue weighted by atomic mass is 9.84. The highest BCUT2D eigenvalue weighted by molar-refractivity contribution is 7.88. The van der Waals surface area contributed by atoms with E-state index in [2.05, 4.69) is 6.58 Å². The van der Waals surface area contributed by atoms with Crippen molar-refractivity contribution in [3.05, 3.63) is 75.3 Å². The van der Waals surface area contributed by atoms with E-state index in [9.17, 15) is 13.2 Å². The average Bonchev–Trinajstić information content (AvgIpc) is 3.23. The molecular weight excluding hydrogens is 514 g/mol. The molecule has 1 aromatic carbocycles. The lowest BCUT2D eigenvalue weighted by molar-refractivity contribution is -0.105. The molecule has 0 spiro atoms. The SMILES string of the molecule is C=C1OCc2c(cc3n(c2=O)Cc2c-3nc3ccccc3c2CCN(C(C)C)S(C)(=O)=O)[C@]1(CC)OC(C)C. The first-order valence-corrected chi connectivity index (χ1v) is 15.4. The van der Waals surface area contributed by atoms with Crippen molar-refractivity contribution in [2.24, 2.45) is 0 Å². The molecular formula is C30H37N3O5S. The number of sulfonamides is 1. The number of ether oxygens (including phenoxy) is 2. The fourth-order valence-electron chi connectivity index (χ4n) is 6.15. The van der Waals surface area contributed by atoms with Gasteiger partial charge in [-0.1, -0.05) is 31.7 Å². The smallest absolute Gasteiger partial charge is 0.258 e. The number of fused-ring (bicyclic) bond motifs is 5. The Balaban J connectivity index is 1.71. The maximum atomic E-state index is 13.9. The summed E-state index contributed by atoms with van der Waals surface area (Å²) in [5, 5.41) is 0.974. The summed E-state index contributed by atoms with van der Waals surface area (Å²) in [6.45, 7) is 14.7. The Kier molecular flexibility index (Phi) is 6.97. The predicted molar refractivity (Wildman–Crippen MR) is 153 cm³/mol. The highest BCUT2D eigenvalue weighted by Crippen LogP contribution is 2.45. The van der Waals surface area contributed by atoms with E-state index < -0.39 is 15.6 Å². The second-order valence-electron chi connectivity index (χ2n) is 11.0. The average molecular weight is 552 g/mol. The highest BCUT2D eigenvalue weighted by Gasteiger charge is 2.44. The van der Waals surface area contributed by atoms with Crippen LogP contribution in [0.5, 0.6) is 0 Å². The molecule has 2 aromatic heterocycles. The molecule has 39 heavy (non-hydrogen) atoms. The zero-order valence-corrected chi connectivity index (χ0v) is 24.4. The van der Waals surface area contributed by atoms with Crippen LogP contribution >= 0.6 is 0 Å². The van der Waals surface area contributed by atoms with Crippen LogP contribution in [0, 0.1) is 0 Å². The highest BCUT2D eigenvalue weighted by atomic mass is 32.2. The Morgan fingerprint density at radius 3 is 2.56 bits per heavy atom. The van der Waals surface area contributed by atoms with E-state index in [0.717, 1.165) is 39.0 Å². The maximum absolute atomic E-state index is 13.9. The maximum Gasteiger partial charge on any atom is 0.258 e. The van der Waals surface area contributed by atoms with E-state index in [4.69, 9.17) is 14.5 Å². The molecule has 0 N–H and O–H groups in total. The molecule has 0 amide bonds. The topological polar surface area (TPSA) is 90.7 Å². The van der Waals surface area contributed by atoms with E-state index >= 15 is 0 Å². The first-order chi connectivity index (χ1) is 18.4. The third kappa shape index (κ3) is 4.50. The second kappa shape index (κ2) is 9.87. The molecule has 4 heterocycles. The third-order valence-corrected chi connectivity index (χ3v) is 9.32. The van der Waals surface area contributed by atoms with Gasteiger partial charge < -0.3 is 14.0 Å². The number of rotatable bonds is 8. The summed E-state index contributed by atoms with van der Waals surface area (Å²) >= 11 is 0. The molecule has 0 saturated carbocycles. The molecule has 2 aliphatic rings. The van der Waals surface area contributed by atoms with Gasteiger partial charge in [0.2, 0.25) is 10.0 Å². The molecule has 0 unspecified atom stereocenters. The van der Waals surface area contributed by atoms with Crippen molar-refractivity contribution in [1.29, 1.82) is 0 Å². The minimum atomic E-state index is -3.38. The molecule has 0 saturated heterocycles. The fourth-order valence-corrected chi connectivity index (χ4v) is 7.33. The predicted octanol–water partition coefficient (Wildman–Crippen LogP) is 4.71. The summed E-state index contributed by atoms with van der Waals surface area (Å²) in [7, 11) is -3.38. The third-order valence-electron chi connectivity index (χ3n) is 7.87. The van der Waals surface area contributed by atoms with Gasteiger partial charge in [0.25, 0.3) is 5.56 Å². The normalized spacial score (nSPS) is 18.5. The quantitative estimate of drug-likeness (QED) is 0.315. The van der Waals surface area contributed by atoms with Crippen LogP contribution in [0.3, 0.4) is 0 Å². The standard InChI is InChI=1S/C30H37N3O5S/c1-8-30(38-19(4)5)20(6)37-17-24-25(30)15-27-28-23(16-32(27)29(24)34)21(22-11-9-10-12-26(22)31-28)13-14-33(18(2)3)39(7,35)36/h9-12,15,18-19H,6,8,13-14,16-17H2,1-5,7H3/t30-/m1/s1. The van der Waals surface area contributed by atoms with Gasteiger partial charge in [0, 0.05) is 29.1 Å². The van der Waals surface area contributed by atoms with Gasteiger partial charge in [0.1, 0.15) is 18.0 Å². The van der Waals surface area contributed by atoms with E-state index in [1.165, 1.54) is 10.6 Å². The van der Waals surface area contributed by atoms with Gasteiger partial charge in [-0.05, 0) is 58.2 Å². The minimum absolute atomic E-state index is 0.105. The first-order valence-electron chi connectivity index (χ1n) is 13.5. The Morgan fingerprint density at radius 1 is 1.21 bits per heavy atom. The van der Waals surface area contributed by atoms with Gasteiger partial charge in [0.05, 0.1) is 41.4 Å². The molecule has 8 nitrogen and oxygen atoms in total. The molecule has 0 aliphatic carbocycles. The van der Waals surface area contributed by atoms with Gasteiger partial charge in [-0.25, -0.2) is 13.4 Å². The summed E-state index contributed by atoms with van der Waals surface area (Å²) in [5.41, 5.74) is 4.61. The van der Waals surface area contributed by atoms with Crippen molar-refractivity contribution in [2.45, 2.75) is 78.4 Å². The first kappa shape index (κ1) is 27.6. The Bertz CT molecular complexity index is 1640. The van der Waals surface area contributed by atoms with E-state index in [0.29, 0.717) is 37.3 Å². The van der Waals surface area contributed by atoms with Crippen molar-refractivity contribution in [1.82, 2.24) is 13.9 Å². The van der Waals surface area contributed by atoms with Crippen molar-refractivity contribution in [3.63, 3.8) is 0 Å². The number of hydrogen-bond donors (Lipinski definition) is 0. The van der Waals surface area contributed by atoms with Crippen molar-refractivity contribution < 1.29 is 17.9 Å². The number of aromatic nitrogens is 2. The van der Waals surface area contributed by atoms with Gasteiger partial charge in [-0.15, -0.1) is 0 Å². The molecule has 208 valence electrons. The molecule has 9 heteroatoms. The molecule has 0 radical (unpaired) electrons. The van der Waals surface area contributed by atoms with Crippen LogP contribution in [0.25, 0.3) is 22.3 Å². The van der Waals surface area contributed by atoms with Crippen LogP contribution in [0.1, 0.15) is 63.3 Å². The number of pyridine rings is 2. The lowest BCUT2D eigenvalue weighted by Gasteiger charge is -2.41. The van der Waals surface area contributed by atoms with Crippen molar-refractivity contribution in [2.75, 3.05) is 12.8 Å². The number of benzene rings is 1. The Hall–Kier alpha value is -3.01. The van der Waals surface area contributed by atoms with Gasteiger partial charge in [-0.3, -0.25) is 4.79 Å². The van der Waals surface area contributed by atoms with Crippen LogP contribution < -0.4 is 5.56 Å². The molecule has 0 fully saturated rings. The number of nitrogens with zero attached hydrogens (tertiary/aromatic N) is 3. The second-order valence-corrected chi connectivity index (χ2v) is 13.0. The summed E-state index contributed by atoms with van der Waals surface area (Å²) in [6.07, 6.45) is 2.22. The molecule has 5 rings (SSSR count). The largest absolute Gasteiger partial charge is 0.490 e. The van der Waals surface area contributed by atoms with Crippen molar-refractivity contribution >= 4 is 20.9 Å². The summed E-state index contributed by atoms with van der Waals surface area (Å²) in [5.74, 6) is 0.510. The zero-order chi connectivity index (χ0) is 28.3. The van der Waals surface area contributed by atoms with Crippen LogP contribution in [0.2, 0.25) is 0 Å². The van der Waals surface area contributed by atoms with Crippen LogP contribution in [0.4, 0.5) is 0 Å². The molecule has 3 aromatic rings. The summed E-state index contributed by atoms with van der Waals surface area (Å²) in [4.78, 5) is 19.0. The van der Waals surface area contributed by atoms with Gasteiger partial charge in [0.15, 0.2) is 0 Å². The summed E-state index contributed by atoms with van der Waals surface area (Å²) in [6, 6.07) is 9.76. The number of para-hydroxylation sites is 1. The minimum Gasteiger partial charge on any atom is -0.490 e. The van der Waals surface area contributed by atoms with Gasteiger partial charge in [-0.2, -0.15) is 4.31 Å². The van der Waals surface area contributed by atoms with E-state index in [-0.39, 0.29) is 24.3 Å².